The fourth-order valence-corrected chi connectivity index (χ4v) is 2.65. The number of pyridine rings is 1. The van der Waals surface area contributed by atoms with Gasteiger partial charge in [-0.1, -0.05) is 38.1 Å². The van der Waals surface area contributed by atoms with Gasteiger partial charge < -0.3 is 10.1 Å². The van der Waals surface area contributed by atoms with E-state index in [1.165, 1.54) is 0 Å². The van der Waals surface area contributed by atoms with E-state index >= 15 is 0 Å². The van der Waals surface area contributed by atoms with Crippen LogP contribution in [0.1, 0.15) is 46.6 Å². The number of ether oxygens (including phenoxy) is 1. The second-order valence-corrected chi connectivity index (χ2v) is 7.59. The number of fused-ring (bicyclic) bond motifs is 1. The van der Waals surface area contributed by atoms with Gasteiger partial charge in [0.2, 0.25) is 0 Å². The van der Waals surface area contributed by atoms with Gasteiger partial charge in [-0.2, -0.15) is 0 Å². The molecule has 0 spiro atoms. The standard InChI is InChI=1S/C20H28N2O2/c1-14(2)12-17(19(23)24-20(3,4)5)22-13-16-9-6-8-15-10-7-11-21-18(15)16/h6-11,14,17,22H,12-13H2,1-5H3/t17-/m1/s1. The summed E-state index contributed by atoms with van der Waals surface area (Å²) in [6, 6.07) is 9.78. The fraction of sp³-hybridized carbons (Fsp3) is 0.500. The molecule has 2 rings (SSSR count). The minimum Gasteiger partial charge on any atom is -0.459 e. The summed E-state index contributed by atoms with van der Waals surface area (Å²) in [6.07, 6.45) is 2.54. The third-order valence-electron chi connectivity index (χ3n) is 3.65. The summed E-state index contributed by atoms with van der Waals surface area (Å²) in [5.41, 5.74) is 1.58. The zero-order chi connectivity index (χ0) is 17.7. The fourth-order valence-electron chi connectivity index (χ4n) is 2.65. The number of para-hydroxylation sites is 1. The zero-order valence-corrected chi connectivity index (χ0v) is 15.3. The first-order chi connectivity index (χ1) is 11.3. The van der Waals surface area contributed by atoms with Gasteiger partial charge in [0.05, 0.1) is 5.52 Å². The van der Waals surface area contributed by atoms with Crippen molar-refractivity contribution in [2.24, 2.45) is 5.92 Å². The van der Waals surface area contributed by atoms with Gasteiger partial charge in [0.15, 0.2) is 0 Å². The van der Waals surface area contributed by atoms with Crippen LogP contribution < -0.4 is 5.32 Å². The summed E-state index contributed by atoms with van der Waals surface area (Å²) in [5.74, 6) is 0.213. The Morgan fingerprint density at radius 1 is 1.21 bits per heavy atom. The van der Waals surface area contributed by atoms with E-state index in [2.05, 4.69) is 24.1 Å². The summed E-state index contributed by atoms with van der Waals surface area (Å²) in [6.45, 7) is 10.5. The Bertz CT molecular complexity index is 684. The Hall–Kier alpha value is -1.94. The van der Waals surface area contributed by atoms with Crippen LogP contribution in [-0.2, 0) is 16.1 Å². The van der Waals surface area contributed by atoms with E-state index in [4.69, 9.17) is 4.74 Å². The van der Waals surface area contributed by atoms with Crippen LogP contribution in [-0.4, -0.2) is 22.6 Å². The van der Waals surface area contributed by atoms with E-state index in [1.54, 1.807) is 6.20 Å². The lowest BCUT2D eigenvalue weighted by atomic mass is 10.0. The van der Waals surface area contributed by atoms with Crippen LogP contribution in [0.3, 0.4) is 0 Å². The molecule has 0 fully saturated rings. The van der Waals surface area contributed by atoms with Crippen LogP contribution in [0.25, 0.3) is 10.9 Å². The highest BCUT2D eigenvalue weighted by molar-refractivity contribution is 5.81. The Morgan fingerprint density at radius 3 is 2.58 bits per heavy atom. The van der Waals surface area contributed by atoms with Crippen molar-refractivity contribution in [2.45, 2.75) is 59.2 Å². The number of rotatable bonds is 6. The predicted molar refractivity (Wildman–Crippen MR) is 97.7 cm³/mol. The van der Waals surface area contributed by atoms with Gasteiger partial charge in [0.1, 0.15) is 11.6 Å². The van der Waals surface area contributed by atoms with Gasteiger partial charge in [-0.3, -0.25) is 9.78 Å². The largest absolute Gasteiger partial charge is 0.459 e. The molecule has 1 aromatic heterocycles. The Kier molecular flexibility index (Phi) is 5.94. The lowest BCUT2D eigenvalue weighted by Crippen LogP contribution is -2.41. The number of nitrogens with zero attached hydrogens (tertiary/aromatic N) is 1. The van der Waals surface area contributed by atoms with E-state index in [-0.39, 0.29) is 12.0 Å². The average molecular weight is 328 g/mol. The molecule has 2 aromatic rings. The summed E-state index contributed by atoms with van der Waals surface area (Å²) >= 11 is 0. The number of carbonyl (C=O) groups is 1. The molecule has 1 N–H and O–H groups in total. The molecular weight excluding hydrogens is 300 g/mol. The molecule has 0 amide bonds. The van der Waals surface area contributed by atoms with Crippen molar-refractivity contribution in [1.82, 2.24) is 10.3 Å². The first-order valence-corrected chi connectivity index (χ1v) is 8.55. The average Bonchev–Trinajstić information content (AvgIpc) is 2.49. The number of benzene rings is 1. The van der Waals surface area contributed by atoms with Crippen molar-refractivity contribution in [1.29, 1.82) is 0 Å². The van der Waals surface area contributed by atoms with E-state index in [0.29, 0.717) is 12.5 Å². The quantitative estimate of drug-likeness (QED) is 0.812. The molecule has 0 aliphatic heterocycles. The second kappa shape index (κ2) is 7.75. The van der Waals surface area contributed by atoms with Crippen molar-refractivity contribution in [3.63, 3.8) is 0 Å². The number of aromatic nitrogens is 1. The van der Waals surface area contributed by atoms with Crippen LogP contribution in [0.15, 0.2) is 36.5 Å². The molecule has 1 heterocycles. The summed E-state index contributed by atoms with van der Waals surface area (Å²) in [4.78, 5) is 16.9. The van der Waals surface area contributed by atoms with Crippen LogP contribution in [0.2, 0.25) is 0 Å². The SMILES string of the molecule is CC(C)C[C@@H](NCc1cccc2cccnc12)C(=O)OC(C)(C)C. The molecule has 0 radical (unpaired) electrons. The highest BCUT2D eigenvalue weighted by Gasteiger charge is 2.25. The van der Waals surface area contributed by atoms with Crippen LogP contribution in [0.4, 0.5) is 0 Å². The topological polar surface area (TPSA) is 51.2 Å². The Labute approximate surface area is 144 Å². The molecule has 0 unspecified atom stereocenters. The first-order valence-electron chi connectivity index (χ1n) is 8.55. The number of carbonyl (C=O) groups excluding carboxylic acids is 1. The van der Waals surface area contributed by atoms with Gasteiger partial charge in [0.25, 0.3) is 0 Å². The van der Waals surface area contributed by atoms with Crippen molar-refractivity contribution < 1.29 is 9.53 Å². The van der Waals surface area contributed by atoms with Crippen LogP contribution in [0, 0.1) is 5.92 Å². The number of hydrogen-bond donors (Lipinski definition) is 1. The summed E-state index contributed by atoms with van der Waals surface area (Å²) in [7, 11) is 0. The lowest BCUT2D eigenvalue weighted by Gasteiger charge is -2.25. The van der Waals surface area contributed by atoms with Gasteiger partial charge >= 0.3 is 5.97 Å². The van der Waals surface area contributed by atoms with Gasteiger partial charge in [-0.05, 0) is 44.7 Å². The molecule has 0 bridgehead atoms. The van der Waals surface area contributed by atoms with E-state index in [1.807, 2.05) is 51.1 Å². The van der Waals surface area contributed by atoms with Gasteiger partial charge in [-0.25, -0.2) is 0 Å². The Balaban J connectivity index is 2.13. The van der Waals surface area contributed by atoms with Crippen LogP contribution >= 0.6 is 0 Å². The molecule has 0 aliphatic carbocycles. The third-order valence-corrected chi connectivity index (χ3v) is 3.65. The van der Waals surface area contributed by atoms with Gasteiger partial charge in [0, 0.05) is 18.1 Å². The molecule has 1 aromatic carbocycles. The summed E-state index contributed by atoms with van der Waals surface area (Å²) in [5, 5.41) is 4.47. The van der Waals surface area contributed by atoms with Crippen molar-refractivity contribution in [3.8, 4) is 0 Å². The lowest BCUT2D eigenvalue weighted by molar-refractivity contribution is -0.158. The molecule has 0 saturated carbocycles. The maximum atomic E-state index is 12.5. The third kappa shape index (κ3) is 5.31. The second-order valence-electron chi connectivity index (χ2n) is 7.59. The summed E-state index contributed by atoms with van der Waals surface area (Å²) < 4.78 is 5.56. The van der Waals surface area contributed by atoms with Crippen molar-refractivity contribution in [3.05, 3.63) is 42.1 Å². The molecule has 0 aliphatic rings. The van der Waals surface area contributed by atoms with Gasteiger partial charge in [-0.15, -0.1) is 0 Å². The molecule has 130 valence electrons. The minimum absolute atomic E-state index is 0.190. The number of hydrogen-bond acceptors (Lipinski definition) is 4. The normalized spacial score (nSPS) is 13.2. The van der Waals surface area contributed by atoms with Crippen LogP contribution in [0.5, 0.6) is 0 Å². The molecule has 24 heavy (non-hydrogen) atoms. The molecule has 4 heteroatoms. The number of esters is 1. The van der Waals surface area contributed by atoms with E-state index in [0.717, 1.165) is 22.9 Å². The van der Waals surface area contributed by atoms with Crippen molar-refractivity contribution in [2.75, 3.05) is 0 Å². The maximum Gasteiger partial charge on any atom is 0.323 e. The molecular formula is C20H28N2O2. The molecule has 4 nitrogen and oxygen atoms in total. The molecule has 1 atom stereocenters. The monoisotopic (exact) mass is 328 g/mol. The number of nitrogens with one attached hydrogen (secondary N) is 1. The van der Waals surface area contributed by atoms with E-state index in [9.17, 15) is 4.79 Å². The highest BCUT2D eigenvalue weighted by atomic mass is 16.6. The highest BCUT2D eigenvalue weighted by Crippen LogP contribution is 2.17. The zero-order valence-electron chi connectivity index (χ0n) is 15.3. The smallest absolute Gasteiger partial charge is 0.323 e. The first kappa shape index (κ1) is 18.4. The predicted octanol–water partition coefficient (Wildman–Crippen LogP) is 4.08. The molecule has 0 saturated heterocycles. The maximum absolute atomic E-state index is 12.5. The Morgan fingerprint density at radius 2 is 1.92 bits per heavy atom. The van der Waals surface area contributed by atoms with Crippen molar-refractivity contribution >= 4 is 16.9 Å². The van der Waals surface area contributed by atoms with E-state index < -0.39 is 5.60 Å². The minimum atomic E-state index is -0.477.